The Bertz CT molecular complexity index is 1190. The van der Waals surface area contributed by atoms with Crippen molar-refractivity contribution in [3.05, 3.63) is 79.9 Å². The summed E-state index contributed by atoms with van der Waals surface area (Å²) in [5.41, 5.74) is 0.588. The normalized spacial score (nSPS) is 17.2. The van der Waals surface area contributed by atoms with Gasteiger partial charge < -0.3 is 24.7 Å². The van der Waals surface area contributed by atoms with E-state index in [9.17, 15) is 19.8 Å². The SMILES string of the molecule is COc1cc([C@@H]2C(C(=O)c3cccs3)=C(O)C(=O)N2C[C@@H](c2cccs2)N(C)C)ccc1O. The molecule has 1 amide bonds. The van der Waals surface area contributed by atoms with Gasteiger partial charge in [-0.15, -0.1) is 22.7 Å². The predicted octanol–water partition coefficient (Wildman–Crippen LogP) is 4.41. The van der Waals surface area contributed by atoms with Gasteiger partial charge in [0.1, 0.15) is 0 Å². The van der Waals surface area contributed by atoms with Crippen LogP contribution in [-0.4, -0.2) is 59.5 Å². The minimum atomic E-state index is -0.830. The fraction of sp³-hybridized carbons (Fsp3) is 0.250. The molecule has 7 nitrogen and oxygen atoms in total. The third-order valence-corrected chi connectivity index (χ3v) is 7.52. The minimum absolute atomic E-state index is 0.0267. The molecular formula is C24H24N2O5S2. The van der Waals surface area contributed by atoms with Gasteiger partial charge in [0.2, 0.25) is 5.78 Å². The number of likely N-dealkylation sites (N-methyl/N-ethyl adjacent to an activating group) is 1. The molecule has 0 saturated carbocycles. The van der Waals surface area contributed by atoms with Gasteiger partial charge in [-0.2, -0.15) is 0 Å². The number of aliphatic hydroxyl groups is 1. The summed E-state index contributed by atoms with van der Waals surface area (Å²) in [6.07, 6.45) is 0. The van der Waals surface area contributed by atoms with Gasteiger partial charge in [0.15, 0.2) is 17.3 Å². The second-order valence-electron chi connectivity index (χ2n) is 7.85. The molecule has 0 unspecified atom stereocenters. The molecule has 3 aromatic rings. The van der Waals surface area contributed by atoms with Crippen LogP contribution in [0.1, 0.15) is 32.2 Å². The van der Waals surface area contributed by atoms with E-state index in [1.54, 1.807) is 41.0 Å². The molecule has 0 saturated heterocycles. The average molecular weight is 485 g/mol. The van der Waals surface area contributed by atoms with Crippen molar-refractivity contribution in [3.8, 4) is 11.5 Å². The van der Waals surface area contributed by atoms with Gasteiger partial charge in [0.05, 0.1) is 29.6 Å². The zero-order valence-corrected chi connectivity index (χ0v) is 20.0. The lowest BCUT2D eigenvalue weighted by Gasteiger charge is -2.33. The van der Waals surface area contributed by atoms with E-state index in [1.165, 1.54) is 29.4 Å². The molecule has 0 aliphatic carbocycles. The van der Waals surface area contributed by atoms with E-state index >= 15 is 0 Å². The Balaban J connectivity index is 1.82. The zero-order valence-electron chi connectivity index (χ0n) is 18.4. The van der Waals surface area contributed by atoms with Crippen molar-refractivity contribution in [1.82, 2.24) is 9.80 Å². The molecule has 0 fully saturated rings. The van der Waals surface area contributed by atoms with Gasteiger partial charge in [-0.3, -0.25) is 9.59 Å². The first kappa shape index (κ1) is 23.0. The number of methoxy groups -OCH3 is 1. The Labute approximate surface area is 199 Å². The number of rotatable bonds is 8. The van der Waals surface area contributed by atoms with Crippen molar-refractivity contribution in [2.24, 2.45) is 0 Å². The highest BCUT2D eigenvalue weighted by Gasteiger charge is 2.45. The Hall–Kier alpha value is -3.14. The van der Waals surface area contributed by atoms with E-state index in [1.807, 2.05) is 36.5 Å². The molecule has 9 heteroatoms. The highest BCUT2D eigenvalue weighted by atomic mass is 32.1. The number of carbonyl (C=O) groups is 2. The Kier molecular flexibility index (Phi) is 6.55. The summed E-state index contributed by atoms with van der Waals surface area (Å²) in [6.45, 7) is 0.255. The van der Waals surface area contributed by atoms with Crippen LogP contribution in [-0.2, 0) is 4.79 Å². The highest BCUT2D eigenvalue weighted by molar-refractivity contribution is 7.12. The average Bonchev–Trinajstić information content (AvgIpc) is 3.55. The molecule has 33 heavy (non-hydrogen) atoms. The van der Waals surface area contributed by atoms with Crippen LogP contribution < -0.4 is 4.74 Å². The molecular weight excluding hydrogens is 460 g/mol. The Morgan fingerprint density at radius 2 is 1.88 bits per heavy atom. The van der Waals surface area contributed by atoms with Gasteiger partial charge in [-0.25, -0.2) is 0 Å². The molecule has 0 spiro atoms. The maximum absolute atomic E-state index is 13.4. The molecule has 0 radical (unpaired) electrons. The van der Waals surface area contributed by atoms with Crippen LogP contribution >= 0.6 is 22.7 Å². The third-order valence-electron chi connectivity index (χ3n) is 5.68. The van der Waals surface area contributed by atoms with E-state index in [-0.39, 0.29) is 29.7 Å². The quantitative estimate of drug-likeness (QED) is 0.461. The monoisotopic (exact) mass is 484 g/mol. The number of carbonyl (C=O) groups excluding carboxylic acids is 2. The maximum atomic E-state index is 13.4. The summed E-state index contributed by atoms with van der Waals surface area (Å²) in [7, 11) is 5.28. The lowest BCUT2D eigenvalue weighted by atomic mass is 9.94. The first-order valence-corrected chi connectivity index (χ1v) is 12.0. The molecule has 1 aliphatic heterocycles. The largest absolute Gasteiger partial charge is 0.504 e. The predicted molar refractivity (Wildman–Crippen MR) is 128 cm³/mol. The van der Waals surface area contributed by atoms with E-state index in [0.29, 0.717) is 10.4 Å². The van der Waals surface area contributed by atoms with Crippen LogP contribution in [0.15, 0.2) is 64.6 Å². The van der Waals surface area contributed by atoms with Crippen molar-refractivity contribution in [2.45, 2.75) is 12.1 Å². The molecule has 0 bridgehead atoms. The second-order valence-corrected chi connectivity index (χ2v) is 9.78. The van der Waals surface area contributed by atoms with Gasteiger partial charge in [0, 0.05) is 11.4 Å². The summed E-state index contributed by atoms with van der Waals surface area (Å²) in [5.74, 6) is -1.38. The number of ether oxygens (including phenoxy) is 1. The number of aromatic hydroxyl groups is 1. The maximum Gasteiger partial charge on any atom is 0.290 e. The first-order valence-electron chi connectivity index (χ1n) is 10.2. The number of hydrogen-bond acceptors (Lipinski definition) is 8. The summed E-state index contributed by atoms with van der Waals surface area (Å²) in [6, 6.07) is 11.1. The van der Waals surface area contributed by atoms with Crippen LogP contribution in [0.3, 0.4) is 0 Å². The lowest BCUT2D eigenvalue weighted by Crippen LogP contribution is -2.38. The van der Waals surface area contributed by atoms with Crippen molar-refractivity contribution in [2.75, 3.05) is 27.7 Å². The number of hydrogen-bond donors (Lipinski definition) is 2. The Morgan fingerprint density at radius 1 is 1.15 bits per heavy atom. The van der Waals surface area contributed by atoms with Crippen molar-refractivity contribution < 1.29 is 24.5 Å². The molecule has 1 aromatic carbocycles. The Morgan fingerprint density at radius 3 is 2.48 bits per heavy atom. The first-order chi connectivity index (χ1) is 15.8. The summed E-state index contributed by atoms with van der Waals surface area (Å²) in [4.78, 5) is 31.7. The topological polar surface area (TPSA) is 90.3 Å². The second kappa shape index (κ2) is 9.38. The zero-order chi connectivity index (χ0) is 23.7. The summed E-state index contributed by atoms with van der Waals surface area (Å²) < 4.78 is 5.26. The van der Waals surface area contributed by atoms with Crippen LogP contribution in [0.4, 0.5) is 0 Å². The molecule has 2 aromatic heterocycles. The number of nitrogens with zero attached hydrogens (tertiary/aromatic N) is 2. The number of phenols is 1. The summed E-state index contributed by atoms with van der Waals surface area (Å²) in [5, 5.41) is 24.7. The number of benzene rings is 1. The number of amides is 1. The van der Waals surface area contributed by atoms with Gasteiger partial charge in [0.25, 0.3) is 5.91 Å². The fourth-order valence-corrected chi connectivity index (χ4v) is 5.59. The number of phenolic OH excluding ortho intramolecular Hbond substituents is 1. The molecule has 2 N–H and O–H groups in total. The minimum Gasteiger partial charge on any atom is -0.504 e. The van der Waals surface area contributed by atoms with E-state index in [4.69, 9.17) is 4.74 Å². The van der Waals surface area contributed by atoms with E-state index < -0.39 is 23.5 Å². The van der Waals surface area contributed by atoms with Crippen molar-refractivity contribution >= 4 is 34.4 Å². The van der Waals surface area contributed by atoms with Crippen molar-refractivity contribution in [1.29, 1.82) is 0 Å². The van der Waals surface area contributed by atoms with Crippen LogP contribution in [0.25, 0.3) is 0 Å². The molecule has 2 atom stereocenters. The van der Waals surface area contributed by atoms with E-state index in [0.717, 1.165) is 4.88 Å². The summed E-state index contributed by atoms with van der Waals surface area (Å²) >= 11 is 2.83. The smallest absolute Gasteiger partial charge is 0.290 e. The van der Waals surface area contributed by atoms with Crippen molar-refractivity contribution in [3.63, 3.8) is 0 Å². The van der Waals surface area contributed by atoms with Crippen LogP contribution in [0, 0.1) is 0 Å². The van der Waals surface area contributed by atoms with E-state index in [2.05, 4.69) is 0 Å². The number of Topliss-reactive ketones (excluding diaryl/α,β-unsaturated/α-hetero) is 1. The number of thiophene rings is 2. The number of aliphatic hydroxyl groups excluding tert-OH is 1. The van der Waals surface area contributed by atoms with Crippen LogP contribution in [0.5, 0.6) is 11.5 Å². The lowest BCUT2D eigenvalue weighted by molar-refractivity contribution is -0.130. The third kappa shape index (κ3) is 4.27. The van der Waals surface area contributed by atoms with Crippen LogP contribution in [0.2, 0.25) is 0 Å². The standard InChI is InChI=1S/C24H24N2O5S2/c1-25(2)15(18-6-4-10-32-18)13-26-21(14-8-9-16(27)17(12-14)31-3)20(23(29)24(26)30)22(28)19-7-5-11-33-19/h4-12,15,21,27,29H,13H2,1-3H3/t15-,21+/m0/s1. The van der Waals surface area contributed by atoms with Gasteiger partial charge in [-0.05, 0) is 54.7 Å². The molecule has 172 valence electrons. The highest BCUT2D eigenvalue weighted by Crippen LogP contribution is 2.43. The molecule has 4 rings (SSSR count). The van der Waals surface area contributed by atoms with Gasteiger partial charge >= 0.3 is 0 Å². The molecule has 3 heterocycles. The van der Waals surface area contributed by atoms with Gasteiger partial charge in [-0.1, -0.05) is 18.2 Å². The number of ketones is 1. The fourth-order valence-electron chi connectivity index (χ4n) is 4.00. The molecule has 1 aliphatic rings.